The van der Waals surface area contributed by atoms with Crippen molar-refractivity contribution >= 4 is 10.9 Å². The number of hydrogen-bond donors (Lipinski definition) is 1. The lowest BCUT2D eigenvalue weighted by Gasteiger charge is -2.03. The smallest absolute Gasteiger partial charge is 0.240 e. The summed E-state index contributed by atoms with van der Waals surface area (Å²) >= 11 is 0. The molecule has 19 heavy (non-hydrogen) atoms. The summed E-state index contributed by atoms with van der Waals surface area (Å²) in [6.45, 7) is 3.03. The number of aryl methyl sites for hydroxylation is 1. The van der Waals surface area contributed by atoms with Crippen molar-refractivity contribution in [1.29, 1.82) is 0 Å². The average Bonchev–Trinajstić information content (AvgIpc) is 2.84. The van der Waals surface area contributed by atoms with E-state index in [4.69, 9.17) is 4.52 Å². The SMILES string of the molecule is Cc1noc(CNCc2ccc3ccccc3n2)n1. The summed E-state index contributed by atoms with van der Waals surface area (Å²) in [7, 11) is 0. The van der Waals surface area contributed by atoms with Gasteiger partial charge in [-0.3, -0.25) is 4.98 Å². The Balaban J connectivity index is 1.65. The third-order valence-corrected chi connectivity index (χ3v) is 2.81. The van der Waals surface area contributed by atoms with Crippen molar-refractivity contribution in [3.63, 3.8) is 0 Å². The highest BCUT2D eigenvalue weighted by molar-refractivity contribution is 5.78. The molecule has 96 valence electrons. The van der Waals surface area contributed by atoms with E-state index in [9.17, 15) is 0 Å². The van der Waals surface area contributed by atoms with Crippen LogP contribution in [0.2, 0.25) is 0 Å². The number of para-hydroxylation sites is 1. The molecule has 0 aliphatic heterocycles. The maximum atomic E-state index is 5.03. The Morgan fingerprint density at radius 3 is 2.79 bits per heavy atom. The lowest BCUT2D eigenvalue weighted by Crippen LogP contribution is -2.13. The monoisotopic (exact) mass is 254 g/mol. The van der Waals surface area contributed by atoms with Crippen molar-refractivity contribution in [3.05, 3.63) is 53.8 Å². The first kappa shape index (κ1) is 11.8. The Morgan fingerprint density at radius 2 is 1.95 bits per heavy atom. The van der Waals surface area contributed by atoms with E-state index in [1.54, 1.807) is 6.92 Å². The molecule has 5 nitrogen and oxygen atoms in total. The summed E-state index contributed by atoms with van der Waals surface area (Å²) in [5.74, 6) is 1.25. The molecule has 3 rings (SSSR count). The van der Waals surface area contributed by atoms with Gasteiger partial charge in [-0.1, -0.05) is 29.4 Å². The Labute approximate surface area is 110 Å². The minimum Gasteiger partial charge on any atom is -0.338 e. The zero-order chi connectivity index (χ0) is 13.1. The second kappa shape index (κ2) is 5.16. The predicted molar refractivity (Wildman–Crippen MR) is 71.3 cm³/mol. The number of nitrogens with zero attached hydrogens (tertiary/aromatic N) is 3. The zero-order valence-electron chi connectivity index (χ0n) is 10.6. The minimum absolute atomic E-state index is 0.551. The van der Waals surface area contributed by atoms with E-state index in [1.165, 1.54) is 0 Å². The fraction of sp³-hybridized carbons (Fsp3) is 0.214. The van der Waals surface area contributed by atoms with Crippen LogP contribution in [0.25, 0.3) is 10.9 Å². The third kappa shape index (κ3) is 2.77. The Hall–Kier alpha value is -2.27. The van der Waals surface area contributed by atoms with Gasteiger partial charge in [-0.05, 0) is 19.1 Å². The van der Waals surface area contributed by atoms with E-state index in [-0.39, 0.29) is 0 Å². The van der Waals surface area contributed by atoms with Crippen LogP contribution in [0, 0.1) is 6.92 Å². The lowest BCUT2D eigenvalue weighted by atomic mass is 10.2. The van der Waals surface area contributed by atoms with E-state index in [0.29, 0.717) is 24.8 Å². The molecule has 2 aromatic heterocycles. The lowest BCUT2D eigenvalue weighted by molar-refractivity contribution is 0.364. The maximum Gasteiger partial charge on any atom is 0.240 e. The largest absolute Gasteiger partial charge is 0.338 e. The molecule has 0 amide bonds. The molecule has 0 bridgehead atoms. The first-order chi connectivity index (χ1) is 9.31. The number of benzene rings is 1. The molecule has 0 atom stereocenters. The van der Waals surface area contributed by atoms with E-state index in [1.807, 2.05) is 24.3 Å². The van der Waals surface area contributed by atoms with Gasteiger partial charge < -0.3 is 9.84 Å². The van der Waals surface area contributed by atoms with Crippen LogP contribution in [-0.4, -0.2) is 15.1 Å². The molecule has 0 saturated heterocycles. The molecule has 1 aromatic carbocycles. The topological polar surface area (TPSA) is 63.8 Å². The number of nitrogens with one attached hydrogen (secondary N) is 1. The number of hydrogen-bond acceptors (Lipinski definition) is 5. The number of pyridine rings is 1. The van der Waals surface area contributed by atoms with Crippen LogP contribution in [0.15, 0.2) is 40.9 Å². The minimum atomic E-state index is 0.551. The Morgan fingerprint density at radius 1 is 1.05 bits per heavy atom. The summed E-state index contributed by atoms with van der Waals surface area (Å²) < 4.78 is 5.03. The second-order valence-electron chi connectivity index (χ2n) is 4.33. The van der Waals surface area contributed by atoms with Crippen molar-refractivity contribution in [2.75, 3.05) is 0 Å². The molecule has 1 N–H and O–H groups in total. The highest BCUT2D eigenvalue weighted by Crippen LogP contribution is 2.11. The molecule has 0 radical (unpaired) electrons. The fourth-order valence-corrected chi connectivity index (χ4v) is 1.92. The summed E-state index contributed by atoms with van der Waals surface area (Å²) in [5, 5.41) is 8.13. The normalized spacial score (nSPS) is 11.0. The van der Waals surface area contributed by atoms with Gasteiger partial charge in [-0.2, -0.15) is 4.98 Å². The summed E-state index contributed by atoms with van der Waals surface area (Å²) in [5.41, 5.74) is 2.00. The highest BCUT2D eigenvalue weighted by atomic mass is 16.5. The molecule has 2 heterocycles. The molecule has 3 aromatic rings. The average molecular weight is 254 g/mol. The van der Waals surface area contributed by atoms with E-state index in [0.717, 1.165) is 16.6 Å². The fourth-order valence-electron chi connectivity index (χ4n) is 1.92. The molecular formula is C14H14N4O. The van der Waals surface area contributed by atoms with Gasteiger partial charge in [-0.15, -0.1) is 0 Å². The standard InChI is InChI=1S/C14H14N4O/c1-10-16-14(19-18-10)9-15-8-12-7-6-11-4-2-3-5-13(11)17-12/h2-7,15H,8-9H2,1H3. The van der Waals surface area contributed by atoms with Crippen LogP contribution in [-0.2, 0) is 13.1 Å². The van der Waals surface area contributed by atoms with Gasteiger partial charge in [0.25, 0.3) is 0 Å². The number of rotatable bonds is 4. The summed E-state index contributed by atoms with van der Waals surface area (Å²) in [4.78, 5) is 8.71. The van der Waals surface area contributed by atoms with Crippen LogP contribution in [0.1, 0.15) is 17.4 Å². The molecule has 0 fully saturated rings. The Bertz CT molecular complexity index is 692. The van der Waals surface area contributed by atoms with Crippen LogP contribution in [0.5, 0.6) is 0 Å². The van der Waals surface area contributed by atoms with Crippen LogP contribution in [0.4, 0.5) is 0 Å². The molecule has 0 aliphatic rings. The summed E-state index contributed by atoms with van der Waals surface area (Å²) in [6.07, 6.45) is 0. The van der Waals surface area contributed by atoms with Crippen molar-refractivity contribution in [3.8, 4) is 0 Å². The van der Waals surface area contributed by atoms with Gasteiger partial charge in [0, 0.05) is 11.9 Å². The third-order valence-electron chi connectivity index (χ3n) is 2.81. The van der Waals surface area contributed by atoms with Crippen molar-refractivity contribution in [2.45, 2.75) is 20.0 Å². The van der Waals surface area contributed by atoms with E-state index >= 15 is 0 Å². The maximum absolute atomic E-state index is 5.03. The molecule has 0 aliphatic carbocycles. The first-order valence-electron chi connectivity index (χ1n) is 6.16. The Kier molecular flexibility index (Phi) is 3.20. The van der Waals surface area contributed by atoms with Gasteiger partial charge in [0.2, 0.25) is 5.89 Å². The quantitative estimate of drug-likeness (QED) is 0.773. The molecule has 0 unspecified atom stereocenters. The van der Waals surface area contributed by atoms with Gasteiger partial charge in [0.15, 0.2) is 5.82 Å². The molecule has 5 heteroatoms. The van der Waals surface area contributed by atoms with Crippen molar-refractivity contribution in [1.82, 2.24) is 20.4 Å². The zero-order valence-corrected chi connectivity index (χ0v) is 10.6. The number of fused-ring (bicyclic) bond motifs is 1. The first-order valence-corrected chi connectivity index (χ1v) is 6.16. The summed E-state index contributed by atoms with van der Waals surface area (Å²) in [6, 6.07) is 12.2. The van der Waals surface area contributed by atoms with Crippen molar-refractivity contribution < 1.29 is 4.52 Å². The van der Waals surface area contributed by atoms with Gasteiger partial charge >= 0.3 is 0 Å². The van der Waals surface area contributed by atoms with Crippen LogP contribution < -0.4 is 5.32 Å². The molecule has 0 spiro atoms. The van der Waals surface area contributed by atoms with Gasteiger partial charge in [0.05, 0.1) is 17.8 Å². The predicted octanol–water partition coefficient (Wildman–Crippen LogP) is 2.22. The number of aromatic nitrogens is 3. The van der Waals surface area contributed by atoms with Crippen molar-refractivity contribution in [2.24, 2.45) is 0 Å². The van der Waals surface area contributed by atoms with Gasteiger partial charge in [0.1, 0.15) is 0 Å². The molecule has 0 saturated carbocycles. The van der Waals surface area contributed by atoms with Crippen LogP contribution >= 0.6 is 0 Å². The van der Waals surface area contributed by atoms with E-state index < -0.39 is 0 Å². The molecular weight excluding hydrogens is 240 g/mol. The highest BCUT2D eigenvalue weighted by Gasteiger charge is 2.02. The second-order valence-corrected chi connectivity index (χ2v) is 4.33. The van der Waals surface area contributed by atoms with Gasteiger partial charge in [-0.25, -0.2) is 0 Å². The van der Waals surface area contributed by atoms with Crippen LogP contribution in [0.3, 0.4) is 0 Å². The van der Waals surface area contributed by atoms with E-state index in [2.05, 4.69) is 32.6 Å².